The number of amides is 1. The standard InChI is InChI=1S/C19H21N3O2S2/c1-12-13(2)26-19-17(12)18(20-11-21-19)25-10-16(23)22(3)9-14-6-5-7-15(8-14)24-4/h5-8,11H,9-10H2,1-4H3. The highest BCUT2D eigenvalue weighted by atomic mass is 32.2. The van der Waals surface area contributed by atoms with Gasteiger partial charge in [0.2, 0.25) is 5.91 Å². The topological polar surface area (TPSA) is 55.3 Å². The zero-order valence-corrected chi connectivity index (χ0v) is 16.9. The number of carbonyl (C=O) groups excluding carboxylic acids is 1. The van der Waals surface area contributed by atoms with Crippen LogP contribution in [0.3, 0.4) is 0 Å². The number of thioether (sulfide) groups is 1. The number of benzene rings is 1. The Hall–Kier alpha value is -2.12. The molecular weight excluding hydrogens is 366 g/mol. The molecule has 0 spiro atoms. The van der Waals surface area contributed by atoms with Crippen LogP contribution in [0.4, 0.5) is 0 Å². The van der Waals surface area contributed by atoms with Gasteiger partial charge in [-0.1, -0.05) is 23.9 Å². The normalized spacial score (nSPS) is 10.9. The van der Waals surface area contributed by atoms with Crippen LogP contribution in [0.2, 0.25) is 0 Å². The monoisotopic (exact) mass is 387 g/mol. The van der Waals surface area contributed by atoms with Crippen LogP contribution in [0.1, 0.15) is 16.0 Å². The molecule has 0 aliphatic rings. The Balaban J connectivity index is 1.67. The molecule has 3 rings (SSSR count). The van der Waals surface area contributed by atoms with E-state index in [4.69, 9.17) is 4.74 Å². The number of methoxy groups -OCH3 is 1. The Bertz CT molecular complexity index is 940. The van der Waals surface area contributed by atoms with Crippen molar-refractivity contribution in [2.75, 3.05) is 19.9 Å². The molecule has 0 atom stereocenters. The Morgan fingerprint density at radius 2 is 2.12 bits per heavy atom. The van der Waals surface area contributed by atoms with Gasteiger partial charge in [-0.25, -0.2) is 9.97 Å². The quantitative estimate of drug-likeness (QED) is 0.471. The van der Waals surface area contributed by atoms with Crippen LogP contribution in [0, 0.1) is 13.8 Å². The molecule has 3 aromatic rings. The first kappa shape index (κ1) is 18.7. The molecule has 0 saturated heterocycles. The maximum Gasteiger partial charge on any atom is 0.233 e. The second kappa shape index (κ2) is 8.05. The molecule has 0 bridgehead atoms. The fourth-order valence-electron chi connectivity index (χ4n) is 2.63. The third-order valence-corrected chi connectivity index (χ3v) is 6.33. The van der Waals surface area contributed by atoms with Crippen LogP contribution in [-0.4, -0.2) is 40.7 Å². The summed E-state index contributed by atoms with van der Waals surface area (Å²) >= 11 is 3.14. The molecule has 136 valence electrons. The van der Waals surface area contributed by atoms with Gasteiger partial charge in [0.1, 0.15) is 21.9 Å². The number of carbonyl (C=O) groups is 1. The van der Waals surface area contributed by atoms with Crippen molar-refractivity contribution in [1.29, 1.82) is 0 Å². The number of hydrogen-bond acceptors (Lipinski definition) is 6. The molecule has 0 saturated carbocycles. The van der Waals surface area contributed by atoms with E-state index in [1.807, 2.05) is 31.3 Å². The first-order valence-electron chi connectivity index (χ1n) is 8.20. The third kappa shape index (κ3) is 3.99. The van der Waals surface area contributed by atoms with E-state index in [0.29, 0.717) is 12.3 Å². The summed E-state index contributed by atoms with van der Waals surface area (Å²) in [6.07, 6.45) is 1.57. The number of ether oxygens (including phenoxy) is 1. The van der Waals surface area contributed by atoms with Crippen molar-refractivity contribution in [3.05, 3.63) is 46.6 Å². The lowest BCUT2D eigenvalue weighted by molar-refractivity contribution is -0.127. The first-order valence-corrected chi connectivity index (χ1v) is 10.00. The number of rotatable bonds is 6. The van der Waals surface area contributed by atoms with Crippen molar-refractivity contribution < 1.29 is 9.53 Å². The Kier molecular flexibility index (Phi) is 5.78. The van der Waals surface area contributed by atoms with E-state index in [2.05, 4.69) is 23.8 Å². The fourth-order valence-corrected chi connectivity index (χ4v) is 4.69. The minimum absolute atomic E-state index is 0.0641. The van der Waals surface area contributed by atoms with Gasteiger partial charge in [-0.05, 0) is 37.1 Å². The van der Waals surface area contributed by atoms with Crippen LogP contribution >= 0.6 is 23.1 Å². The lowest BCUT2D eigenvalue weighted by Gasteiger charge is -2.17. The Morgan fingerprint density at radius 3 is 2.88 bits per heavy atom. The maximum absolute atomic E-state index is 12.5. The lowest BCUT2D eigenvalue weighted by atomic mass is 10.2. The molecule has 1 aromatic carbocycles. The minimum Gasteiger partial charge on any atom is -0.497 e. The summed E-state index contributed by atoms with van der Waals surface area (Å²) in [5.41, 5.74) is 2.24. The van der Waals surface area contributed by atoms with Gasteiger partial charge in [0.05, 0.1) is 12.9 Å². The molecule has 0 aliphatic carbocycles. The molecule has 0 aliphatic heterocycles. The molecule has 2 aromatic heterocycles. The van der Waals surface area contributed by atoms with E-state index in [1.54, 1.807) is 29.7 Å². The fraction of sp³-hybridized carbons (Fsp3) is 0.316. The smallest absolute Gasteiger partial charge is 0.233 e. The predicted molar refractivity (Wildman–Crippen MR) is 107 cm³/mol. The molecule has 2 heterocycles. The van der Waals surface area contributed by atoms with E-state index in [9.17, 15) is 4.79 Å². The Morgan fingerprint density at radius 1 is 1.31 bits per heavy atom. The molecule has 1 amide bonds. The molecule has 0 unspecified atom stereocenters. The van der Waals surface area contributed by atoms with Crippen LogP contribution in [0.5, 0.6) is 5.75 Å². The zero-order valence-electron chi connectivity index (χ0n) is 15.3. The second-order valence-electron chi connectivity index (χ2n) is 6.03. The first-order chi connectivity index (χ1) is 12.5. The maximum atomic E-state index is 12.5. The van der Waals surface area contributed by atoms with Gasteiger partial charge in [0.15, 0.2) is 0 Å². The highest BCUT2D eigenvalue weighted by Crippen LogP contribution is 2.34. The van der Waals surface area contributed by atoms with Crippen LogP contribution in [0.25, 0.3) is 10.2 Å². The average Bonchev–Trinajstić information content (AvgIpc) is 2.94. The van der Waals surface area contributed by atoms with Gasteiger partial charge in [0.25, 0.3) is 0 Å². The minimum atomic E-state index is 0.0641. The summed E-state index contributed by atoms with van der Waals surface area (Å²) in [6.45, 7) is 4.72. The summed E-state index contributed by atoms with van der Waals surface area (Å²) in [5, 5.41) is 1.95. The van der Waals surface area contributed by atoms with E-state index >= 15 is 0 Å². The van der Waals surface area contributed by atoms with Crippen molar-refractivity contribution in [2.45, 2.75) is 25.4 Å². The van der Waals surface area contributed by atoms with Crippen molar-refractivity contribution in [3.8, 4) is 5.75 Å². The molecule has 7 heteroatoms. The van der Waals surface area contributed by atoms with E-state index in [1.165, 1.54) is 22.2 Å². The van der Waals surface area contributed by atoms with Gasteiger partial charge < -0.3 is 9.64 Å². The number of aromatic nitrogens is 2. The van der Waals surface area contributed by atoms with Crippen molar-refractivity contribution in [1.82, 2.24) is 14.9 Å². The van der Waals surface area contributed by atoms with Crippen LogP contribution in [-0.2, 0) is 11.3 Å². The van der Waals surface area contributed by atoms with E-state index in [-0.39, 0.29) is 5.91 Å². The molecule has 0 N–H and O–H groups in total. The summed E-state index contributed by atoms with van der Waals surface area (Å²) < 4.78 is 5.24. The van der Waals surface area contributed by atoms with Gasteiger partial charge in [0, 0.05) is 23.9 Å². The summed E-state index contributed by atoms with van der Waals surface area (Å²) in [7, 11) is 3.46. The average molecular weight is 388 g/mol. The summed E-state index contributed by atoms with van der Waals surface area (Å²) in [6, 6.07) is 7.76. The highest BCUT2D eigenvalue weighted by molar-refractivity contribution is 8.00. The number of thiophene rings is 1. The Labute approximate surface area is 161 Å². The summed E-state index contributed by atoms with van der Waals surface area (Å²) in [4.78, 5) is 25.2. The van der Waals surface area contributed by atoms with Crippen molar-refractivity contribution in [3.63, 3.8) is 0 Å². The largest absolute Gasteiger partial charge is 0.497 e. The van der Waals surface area contributed by atoms with Gasteiger partial charge in [-0.3, -0.25) is 4.79 Å². The lowest BCUT2D eigenvalue weighted by Crippen LogP contribution is -2.27. The summed E-state index contributed by atoms with van der Waals surface area (Å²) in [5.74, 6) is 1.21. The van der Waals surface area contributed by atoms with Gasteiger partial charge in [-0.15, -0.1) is 11.3 Å². The predicted octanol–water partition coefficient (Wildman–Crippen LogP) is 4.07. The number of aryl methyl sites for hydroxylation is 2. The molecular formula is C19H21N3O2S2. The second-order valence-corrected chi connectivity index (χ2v) is 8.20. The number of nitrogens with zero attached hydrogens (tertiary/aromatic N) is 3. The molecule has 0 radical (unpaired) electrons. The van der Waals surface area contributed by atoms with Crippen molar-refractivity contribution >= 4 is 39.2 Å². The SMILES string of the molecule is COc1cccc(CN(C)C(=O)CSc2ncnc3sc(C)c(C)c23)c1. The third-order valence-electron chi connectivity index (χ3n) is 4.24. The molecule has 5 nitrogen and oxygen atoms in total. The molecule has 26 heavy (non-hydrogen) atoms. The number of hydrogen-bond donors (Lipinski definition) is 0. The number of fused-ring (bicyclic) bond motifs is 1. The highest BCUT2D eigenvalue weighted by Gasteiger charge is 2.15. The van der Waals surface area contributed by atoms with Crippen molar-refractivity contribution in [2.24, 2.45) is 0 Å². The van der Waals surface area contributed by atoms with E-state index in [0.717, 1.165) is 26.6 Å². The molecule has 0 fully saturated rings. The van der Waals surface area contributed by atoms with Crippen LogP contribution in [0.15, 0.2) is 35.6 Å². The van der Waals surface area contributed by atoms with Crippen LogP contribution < -0.4 is 4.74 Å². The zero-order chi connectivity index (χ0) is 18.7. The van der Waals surface area contributed by atoms with E-state index < -0.39 is 0 Å². The van der Waals surface area contributed by atoms with Gasteiger partial charge in [-0.2, -0.15) is 0 Å². The van der Waals surface area contributed by atoms with Gasteiger partial charge >= 0.3 is 0 Å².